The zero-order valence-corrected chi connectivity index (χ0v) is 13.5. The van der Waals surface area contributed by atoms with E-state index in [2.05, 4.69) is 0 Å². The molecule has 0 unspecified atom stereocenters. The Hall–Kier alpha value is -2.21. The Kier molecular flexibility index (Phi) is 3.23. The molecule has 0 spiro atoms. The second kappa shape index (κ2) is 5.16. The zero-order valence-electron chi connectivity index (χ0n) is 12.7. The fourth-order valence-electron chi connectivity index (χ4n) is 3.32. The van der Waals surface area contributed by atoms with E-state index in [4.69, 9.17) is 10.5 Å². The molecule has 0 amide bonds. The second-order valence-corrected chi connectivity index (χ2v) is 7.76. The van der Waals surface area contributed by atoms with E-state index in [0.717, 1.165) is 36.1 Å². The van der Waals surface area contributed by atoms with Gasteiger partial charge in [0, 0.05) is 18.7 Å². The van der Waals surface area contributed by atoms with Crippen LogP contribution in [-0.2, 0) is 22.9 Å². The molecule has 0 aliphatic carbocycles. The topological polar surface area (TPSA) is 72.6 Å². The molecule has 2 N–H and O–H groups in total. The van der Waals surface area contributed by atoms with Gasteiger partial charge in [0.25, 0.3) is 10.0 Å². The van der Waals surface area contributed by atoms with Crippen molar-refractivity contribution in [2.24, 2.45) is 0 Å². The molecule has 2 aliphatic rings. The molecule has 0 radical (unpaired) electrons. The molecule has 0 saturated carbocycles. The van der Waals surface area contributed by atoms with E-state index in [1.807, 2.05) is 12.1 Å². The van der Waals surface area contributed by atoms with Crippen LogP contribution in [-0.4, -0.2) is 21.6 Å². The van der Waals surface area contributed by atoms with Gasteiger partial charge >= 0.3 is 0 Å². The summed E-state index contributed by atoms with van der Waals surface area (Å²) in [6.07, 6.45) is 2.34. The number of anilines is 2. The number of nitrogens with zero attached hydrogens (tertiary/aromatic N) is 1. The molecule has 0 saturated heterocycles. The minimum Gasteiger partial charge on any atom is -0.493 e. The lowest BCUT2D eigenvalue weighted by Gasteiger charge is -2.31. The minimum atomic E-state index is -3.59. The molecule has 23 heavy (non-hydrogen) atoms. The number of fused-ring (bicyclic) bond motifs is 2. The van der Waals surface area contributed by atoms with Crippen molar-refractivity contribution in [2.45, 2.75) is 24.2 Å². The SMILES string of the molecule is Nc1cccc2c1CCCN2S(=O)(=O)c1ccc2c(c1)CCO2. The largest absolute Gasteiger partial charge is 0.493 e. The number of nitrogens with two attached hydrogens (primary N) is 1. The number of benzene rings is 2. The number of hydrogen-bond acceptors (Lipinski definition) is 4. The van der Waals surface area contributed by atoms with Crippen LogP contribution in [0, 0.1) is 0 Å². The third-order valence-electron chi connectivity index (χ3n) is 4.49. The Morgan fingerprint density at radius 2 is 2.00 bits per heavy atom. The summed E-state index contributed by atoms with van der Waals surface area (Å²) in [5, 5.41) is 0. The van der Waals surface area contributed by atoms with E-state index in [9.17, 15) is 8.42 Å². The van der Waals surface area contributed by atoms with Crippen LogP contribution in [0.4, 0.5) is 11.4 Å². The lowest BCUT2D eigenvalue weighted by molar-refractivity contribution is 0.356. The number of rotatable bonds is 2. The van der Waals surface area contributed by atoms with Gasteiger partial charge < -0.3 is 10.5 Å². The molecule has 2 aliphatic heterocycles. The first-order valence-corrected chi connectivity index (χ1v) is 9.17. The van der Waals surface area contributed by atoms with Gasteiger partial charge in [-0.2, -0.15) is 0 Å². The molecule has 120 valence electrons. The van der Waals surface area contributed by atoms with Crippen molar-refractivity contribution in [1.29, 1.82) is 0 Å². The van der Waals surface area contributed by atoms with Crippen LogP contribution < -0.4 is 14.8 Å². The molecule has 2 heterocycles. The molecule has 0 aromatic heterocycles. The van der Waals surface area contributed by atoms with Crippen molar-refractivity contribution in [3.8, 4) is 5.75 Å². The average molecular weight is 330 g/mol. The molecule has 4 rings (SSSR count). The Morgan fingerprint density at radius 3 is 2.87 bits per heavy atom. The molecular weight excluding hydrogens is 312 g/mol. The highest BCUT2D eigenvalue weighted by Gasteiger charge is 2.30. The highest BCUT2D eigenvalue weighted by molar-refractivity contribution is 7.92. The van der Waals surface area contributed by atoms with Crippen LogP contribution in [0.2, 0.25) is 0 Å². The van der Waals surface area contributed by atoms with E-state index in [1.54, 1.807) is 24.3 Å². The van der Waals surface area contributed by atoms with E-state index >= 15 is 0 Å². The minimum absolute atomic E-state index is 0.317. The monoisotopic (exact) mass is 330 g/mol. The first-order valence-electron chi connectivity index (χ1n) is 7.73. The van der Waals surface area contributed by atoms with E-state index in [1.165, 1.54) is 4.31 Å². The summed E-state index contributed by atoms with van der Waals surface area (Å²) in [5.41, 5.74) is 9.26. The van der Waals surface area contributed by atoms with Crippen LogP contribution >= 0.6 is 0 Å². The van der Waals surface area contributed by atoms with Gasteiger partial charge in [-0.05, 0) is 54.3 Å². The molecule has 0 atom stereocenters. The van der Waals surface area contributed by atoms with E-state index in [-0.39, 0.29) is 0 Å². The van der Waals surface area contributed by atoms with Gasteiger partial charge in [-0.3, -0.25) is 4.31 Å². The van der Waals surface area contributed by atoms with E-state index < -0.39 is 10.0 Å². The first-order chi connectivity index (χ1) is 11.1. The van der Waals surface area contributed by atoms with Crippen molar-refractivity contribution >= 4 is 21.4 Å². The standard InChI is InChI=1S/C17H18N2O3S/c18-15-4-1-5-16-14(15)3-2-9-19(16)23(20,21)13-6-7-17-12(11-13)8-10-22-17/h1,4-7,11H,2-3,8-10,18H2. The van der Waals surface area contributed by atoms with Crippen molar-refractivity contribution in [2.75, 3.05) is 23.2 Å². The Morgan fingerprint density at radius 1 is 1.13 bits per heavy atom. The van der Waals surface area contributed by atoms with E-state index in [0.29, 0.717) is 29.4 Å². The van der Waals surface area contributed by atoms with Gasteiger partial charge in [0.05, 0.1) is 17.2 Å². The summed E-state index contributed by atoms with van der Waals surface area (Å²) in [4.78, 5) is 0.317. The normalized spacial score (nSPS) is 16.6. The van der Waals surface area contributed by atoms with Crippen LogP contribution in [0.1, 0.15) is 17.5 Å². The Bertz CT molecular complexity index is 877. The van der Waals surface area contributed by atoms with Crippen LogP contribution in [0.25, 0.3) is 0 Å². The molecule has 0 bridgehead atoms. The maximum absolute atomic E-state index is 13.1. The molecule has 5 nitrogen and oxygen atoms in total. The van der Waals surface area contributed by atoms with Gasteiger partial charge in [0.1, 0.15) is 5.75 Å². The lowest BCUT2D eigenvalue weighted by Crippen LogP contribution is -2.35. The summed E-state index contributed by atoms with van der Waals surface area (Å²) in [5.74, 6) is 0.784. The number of hydrogen-bond donors (Lipinski definition) is 1. The molecule has 6 heteroatoms. The quantitative estimate of drug-likeness (QED) is 0.858. The number of nitrogen functional groups attached to an aromatic ring is 1. The third-order valence-corrected chi connectivity index (χ3v) is 6.30. The average Bonchev–Trinajstić information content (AvgIpc) is 3.02. The summed E-state index contributed by atoms with van der Waals surface area (Å²) < 4.78 is 33.2. The van der Waals surface area contributed by atoms with Crippen molar-refractivity contribution < 1.29 is 13.2 Å². The molecular formula is C17H18N2O3S. The Balaban J connectivity index is 1.80. The maximum atomic E-state index is 13.1. The first kappa shape index (κ1) is 14.4. The predicted octanol–water partition coefficient (Wildman–Crippen LogP) is 2.35. The molecule has 2 aromatic rings. The lowest BCUT2D eigenvalue weighted by atomic mass is 10.0. The summed E-state index contributed by atoms with van der Waals surface area (Å²) in [6, 6.07) is 10.6. The van der Waals surface area contributed by atoms with Crippen LogP contribution in [0.15, 0.2) is 41.3 Å². The van der Waals surface area contributed by atoms with Crippen LogP contribution in [0.5, 0.6) is 5.75 Å². The second-order valence-electron chi connectivity index (χ2n) is 5.89. The zero-order chi connectivity index (χ0) is 16.0. The fraction of sp³-hybridized carbons (Fsp3) is 0.294. The van der Waals surface area contributed by atoms with Gasteiger partial charge in [-0.25, -0.2) is 8.42 Å². The Labute approximate surface area is 135 Å². The van der Waals surface area contributed by atoms with Crippen molar-refractivity contribution in [3.05, 3.63) is 47.5 Å². The maximum Gasteiger partial charge on any atom is 0.264 e. The van der Waals surface area contributed by atoms with Gasteiger partial charge in [-0.15, -0.1) is 0 Å². The third kappa shape index (κ3) is 2.25. The number of ether oxygens (including phenoxy) is 1. The highest BCUT2D eigenvalue weighted by atomic mass is 32.2. The van der Waals surface area contributed by atoms with Crippen molar-refractivity contribution in [1.82, 2.24) is 0 Å². The summed E-state index contributed by atoms with van der Waals surface area (Å²) in [6.45, 7) is 1.09. The molecule has 0 fully saturated rings. The summed E-state index contributed by atoms with van der Waals surface area (Å²) >= 11 is 0. The summed E-state index contributed by atoms with van der Waals surface area (Å²) in [7, 11) is -3.59. The van der Waals surface area contributed by atoms with Gasteiger partial charge in [-0.1, -0.05) is 6.07 Å². The number of sulfonamides is 1. The molecule has 2 aromatic carbocycles. The van der Waals surface area contributed by atoms with Gasteiger partial charge in [0.15, 0.2) is 0 Å². The predicted molar refractivity (Wildman–Crippen MR) is 89.3 cm³/mol. The van der Waals surface area contributed by atoms with Crippen LogP contribution in [0.3, 0.4) is 0 Å². The smallest absolute Gasteiger partial charge is 0.264 e. The van der Waals surface area contributed by atoms with Gasteiger partial charge in [0.2, 0.25) is 0 Å². The fourth-order valence-corrected chi connectivity index (χ4v) is 4.90. The highest BCUT2D eigenvalue weighted by Crippen LogP contribution is 2.36. The van der Waals surface area contributed by atoms with Crippen molar-refractivity contribution in [3.63, 3.8) is 0 Å².